The highest BCUT2D eigenvalue weighted by atomic mass is 32.2. The van der Waals surface area contributed by atoms with E-state index >= 15 is 0 Å². The van der Waals surface area contributed by atoms with Crippen molar-refractivity contribution in [1.82, 2.24) is 5.32 Å². The topological polar surface area (TPSA) is 25.2 Å². The Morgan fingerprint density at radius 3 is 3.00 bits per heavy atom. The van der Waals surface area contributed by atoms with Crippen LogP contribution in [0.25, 0.3) is 0 Å². The third-order valence-corrected chi connectivity index (χ3v) is 4.69. The van der Waals surface area contributed by atoms with Crippen LogP contribution in [0.4, 0.5) is 0 Å². The molecule has 1 aromatic heterocycles. The lowest BCUT2D eigenvalue weighted by Crippen LogP contribution is -2.41. The van der Waals surface area contributed by atoms with Crippen molar-refractivity contribution in [1.29, 1.82) is 0 Å². The standard InChI is InChI=1S/C13H21NOS/c1-10(12-5-4-6-15-12)14-11-7-13(2,3)9-16-8-11/h4-6,10-11,14H,7-9H2,1-3H3/t10-,11?/m0/s1. The van der Waals surface area contributed by atoms with Crippen molar-refractivity contribution >= 4 is 11.8 Å². The van der Waals surface area contributed by atoms with Gasteiger partial charge in [-0.15, -0.1) is 0 Å². The Balaban J connectivity index is 1.90. The van der Waals surface area contributed by atoms with Gasteiger partial charge in [-0.3, -0.25) is 0 Å². The van der Waals surface area contributed by atoms with Crippen molar-refractivity contribution in [2.75, 3.05) is 11.5 Å². The highest BCUT2D eigenvalue weighted by molar-refractivity contribution is 7.99. The van der Waals surface area contributed by atoms with E-state index in [1.54, 1.807) is 6.26 Å². The first kappa shape index (κ1) is 12.1. The van der Waals surface area contributed by atoms with Crippen LogP contribution in [0.3, 0.4) is 0 Å². The minimum atomic E-state index is 0.314. The van der Waals surface area contributed by atoms with Crippen molar-refractivity contribution in [3.8, 4) is 0 Å². The van der Waals surface area contributed by atoms with Crippen LogP contribution in [0.2, 0.25) is 0 Å². The molecule has 0 aromatic carbocycles. The molecule has 1 aromatic rings. The lowest BCUT2D eigenvalue weighted by atomic mass is 9.87. The minimum Gasteiger partial charge on any atom is -0.468 e. The quantitative estimate of drug-likeness (QED) is 0.874. The Hall–Kier alpha value is -0.410. The first-order chi connectivity index (χ1) is 7.57. The number of hydrogen-bond acceptors (Lipinski definition) is 3. The molecule has 1 saturated heterocycles. The molecule has 0 amide bonds. The maximum absolute atomic E-state index is 5.42. The molecule has 0 saturated carbocycles. The molecule has 2 heterocycles. The molecular weight excluding hydrogens is 218 g/mol. The van der Waals surface area contributed by atoms with Crippen LogP contribution in [-0.4, -0.2) is 17.5 Å². The average molecular weight is 239 g/mol. The first-order valence-corrected chi connectivity index (χ1v) is 7.09. The fourth-order valence-corrected chi connectivity index (χ4v) is 3.63. The highest BCUT2D eigenvalue weighted by Crippen LogP contribution is 2.34. The van der Waals surface area contributed by atoms with Crippen molar-refractivity contribution in [2.24, 2.45) is 5.41 Å². The molecule has 1 aliphatic rings. The molecule has 3 heteroatoms. The normalized spacial score (nSPS) is 26.6. The Bertz CT molecular complexity index is 321. The first-order valence-electron chi connectivity index (χ1n) is 5.94. The summed E-state index contributed by atoms with van der Waals surface area (Å²) in [5.41, 5.74) is 0.462. The van der Waals surface area contributed by atoms with Crippen LogP contribution in [0.1, 0.15) is 39.0 Å². The summed E-state index contributed by atoms with van der Waals surface area (Å²) < 4.78 is 5.42. The number of nitrogens with one attached hydrogen (secondary N) is 1. The SMILES string of the molecule is C[C@H](NC1CSCC(C)(C)C1)c1ccco1. The molecule has 0 radical (unpaired) electrons. The Kier molecular flexibility index (Phi) is 3.65. The zero-order chi connectivity index (χ0) is 11.6. The van der Waals surface area contributed by atoms with E-state index in [2.05, 4.69) is 37.8 Å². The van der Waals surface area contributed by atoms with Crippen LogP contribution >= 0.6 is 11.8 Å². The average Bonchev–Trinajstić information content (AvgIpc) is 2.68. The van der Waals surface area contributed by atoms with Gasteiger partial charge in [0.2, 0.25) is 0 Å². The van der Waals surface area contributed by atoms with Crippen LogP contribution in [-0.2, 0) is 0 Å². The molecule has 1 aliphatic heterocycles. The van der Waals surface area contributed by atoms with Gasteiger partial charge in [0, 0.05) is 11.8 Å². The van der Waals surface area contributed by atoms with Crippen molar-refractivity contribution < 1.29 is 4.42 Å². The third kappa shape index (κ3) is 3.05. The van der Waals surface area contributed by atoms with Gasteiger partial charge in [-0.1, -0.05) is 13.8 Å². The van der Waals surface area contributed by atoms with Gasteiger partial charge in [-0.05, 0) is 36.6 Å². The van der Waals surface area contributed by atoms with Crippen molar-refractivity contribution in [2.45, 2.75) is 39.3 Å². The number of hydrogen-bond donors (Lipinski definition) is 1. The highest BCUT2D eigenvalue weighted by Gasteiger charge is 2.29. The smallest absolute Gasteiger partial charge is 0.120 e. The van der Waals surface area contributed by atoms with E-state index < -0.39 is 0 Å². The van der Waals surface area contributed by atoms with Crippen LogP contribution < -0.4 is 5.32 Å². The largest absolute Gasteiger partial charge is 0.468 e. The predicted molar refractivity (Wildman–Crippen MR) is 69.8 cm³/mol. The molecule has 0 spiro atoms. The van der Waals surface area contributed by atoms with E-state index in [1.165, 1.54) is 17.9 Å². The second-order valence-corrected chi connectivity index (χ2v) is 6.51. The van der Waals surface area contributed by atoms with E-state index in [1.807, 2.05) is 12.1 Å². The van der Waals surface area contributed by atoms with Crippen LogP contribution in [0.5, 0.6) is 0 Å². The van der Waals surface area contributed by atoms with Gasteiger partial charge in [-0.25, -0.2) is 0 Å². The Morgan fingerprint density at radius 2 is 2.38 bits per heavy atom. The lowest BCUT2D eigenvalue weighted by molar-refractivity contribution is 0.294. The molecule has 2 nitrogen and oxygen atoms in total. The van der Waals surface area contributed by atoms with E-state index in [0.717, 1.165) is 5.76 Å². The number of rotatable bonds is 3. The third-order valence-electron chi connectivity index (χ3n) is 3.07. The number of thioether (sulfide) groups is 1. The van der Waals surface area contributed by atoms with Crippen LogP contribution in [0, 0.1) is 5.41 Å². The molecule has 2 rings (SSSR count). The predicted octanol–water partition coefficient (Wildman–Crippen LogP) is 3.46. The Labute approximate surface area is 102 Å². The van der Waals surface area contributed by atoms with Crippen molar-refractivity contribution in [3.63, 3.8) is 0 Å². The zero-order valence-corrected chi connectivity index (χ0v) is 11.1. The van der Waals surface area contributed by atoms with Crippen LogP contribution in [0.15, 0.2) is 22.8 Å². The van der Waals surface area contributed by atoms with E-state index in [0.29, 0.717) is 17.5 Å². The summed E-state index contributed by atoms with van der Waals surface area (Å²) >= 11 is 2.06. The molecule has 2 atom stereocenters. The molecule has 1 unspecified atom stereocenters. The summed E-state index contributed by atoms with van der Waals surface area (Å²) in [7, 11) is 0. The number of furan rings is 1. The summed E-state index contributed by atoms with van der Waals surface area (Å²) in [5.74, 6) is 3.53. The fraction of sp³-hybridized carbons (Fsp3) is 0.692. The van der Waals surface area contributed by atoms with E-state index in [4.69, 9.17) is 4.42 Å². The summed E-state index contributed by atoms with van der Waals surface area (Å²) in [6.45, 7) is 6.88. The van der Waals surface area contributed by atoms with Crippen molar-refractivity contribution in [3.05, 3.63) is 24.2 Å². The molecule has 1 N–H and O–H groups in total. The second kappa shape index (κ2) is 4.84. The molecule has 0 bridgehead atoms. The molecule has 1 fully saturated rings. The van der Waals surface area contributed by atoms with Gasteiger partial charge in [0.15, 0.2) is 0 Å². The zero-order valence-electron chi connectivity index (χ0n) is 10.3. The van der Waals surface area contributed by atoms with Gasteiger partial charge in [0.05, 0.1) is 12.3 Å². The maximum Gasteiger partial charge on any atom is 0.120 e. The summed E-state index contributed by atoms with van der Waals surface area (Å²) in [4.78, 5) is 0. The molecule has 90 valence electrons. The molecule has 0 aliphatic carbocycles. The summed E-state index contributed by atoms with van der Waals surface area (Å²) in [5, 5.41) is 3.66. The molecule has 16 heavy (non-hydrogen) atoms. The lowest BCUT2D eigenvalue weighted by Gasteiger charge is -2.36. The fourth-order valence-electron chi connectivity index (χ4n) is 2.34. The summed E-state index contributed by atoms with van der Waals surface area (Å²) in [6.07, 6.45) is 3.00. The Morgan fingerprint density at radius 1 is 1.56 bits per heavy atom. The maximum atomic E-state index is 5.42. The van der Waals surface area contributed by atoms with Gasteiger partial charge in [-0.2, -0.15) is 11.8 Å². The second-order valence-electron chi connectivity index (χ2n) is 5.48. The van der Waals surface area contributed by atoms with Gasteiger partial charge < -0.3 is 9.73 Å². The summed E-state index contributed by atoms with van der Waals surface area (Å²) in [6, 6.07) is 4.91. The van der Waals surface area contributed by atoms with E-state index in [-0.39, 0.29) is 0 Å². The van der Waals surface area contributed by atoms with E-state index in [9.17, 15) is 0 Å². The van der Waals surface area contributed by atoms with Gasteiger partial charge in [0.25, 0.3) is 0 Å². The van der Waals surface area contributed by atoms with Gasteiger partial charge in [0.1, 0.15) is 5.76 Å². The molecular formula is C13H21NOS. The minimum absolute atomic E-state index is 0.314. The monoisotopic (exact) mass is 239 g/mol. The van der Waals surface area contributed by atoms with Gasteiger partial charge >= 0.3 is 0 Å².